The molecule has 0 bridgehead atoms. The summed E-state index contributed by atoms with van der Waals surface area (Å²) in [6, 6.07) is 14.1. The molecule has 0 radical (unpaired) electrons. The van der Waals surface area contributed by atoms with Crippen LogP contribution in [-0.4, -0.2) is 34.8 Å². The van der Waals surface area contributed by atoms with Gasteiger partial charge in [0.2, 0.25) is 11.0 Å². The summed E-state index contributed by atoms with van der Waals surface area (Å²) in [4.78, 5) is 17.0. The molecule has 0 spiro atoms. The number of hydrogen-bond acceptors (Lipinski definition) is 6. The fraction of sp³-hybridized carbons (Fsp3) is 0.190. The first-order chi connectivity index (χ1) is 14.8. The molecule has 0 aliphatic carbocycles. The van der Waals surface area contributed by atoms with Crippen LogP contribution in [0.4, 0.5) is 10.2 Å². The number of nitrogens with one attached hydrogen (secondary N) is 1. The molecule has 10 heteroatoms. The molecule has 2 heterocycles. The number of hydrogen-bond donors (Lipinski definition) is 1. The van der Waals surface area contributed by atoms with E-state index in [4.69, 9.17) is 0 Å². The second-order valence-electron chi connectivity index (χ2n) is 6.97. The van der Waals surface area contributed by atoms with Gasteiger partial charge in [-0.05, 0) is 49.7 Å². The Morgan fingerprint density at radius 2 is 1.90 bits per heavy atom. The van der Waals surface area contributed by atoms with Gasteiger partial charge < -0.3 is 5.32 Å². The molecule has 160 valence electrons. The van der Waals surface area contributed by atoms with Gasteiger partial charge in [0.05, 0.1) is 26.6 Å². The molecule has 0 atom stereocenters. The average Bonchev–Trinajstić information content (AvgIpc) is 3.31. The zero-order valence-electron chi connectivity index (χ0n) is 16.6. The van der Waals surface area contributed by atoms with Crippen LogP contribution >= 0.6 is 11.3 Å². The second kappa shape index (κ2) is 8.56. The molecule has 0 unspecified atom stereocenters. The van der Waals surface area contributed by atoms with E-state index < -0.39 is 15.7 Å². The van der Waals surface area contributed by atoms with E-state index in [2.05, 4.69) is 15.4 Å². The fourth-order valence-corrected chi connectivity index (χ4v) is 5.31. The molecular weight excluding hydrogens is 439 g/mol. The molecule has 0 aliphatic heterocycles. The summed E-state index contributed by atoms with van der Waals surface area (Å²) >= 11 is 1.46. The Bertz CT molecular complexity index is 1310. The molecule has 2 aromatic carbocycles. The van der Waals surface area contributed by atoms with Gasteiger partial charge in [-0.1, -0.05) is 23.5 Å². The highest BCUT2D eigenvalue weighted by molar-refractivity contribution is 7.91. The minimum Gasteiger partial charge on any atom is -0.311 e. The number of benzene rings is 2. The Labute approximate surface area is 182 Å². The molecule has 0 aliphatic rings. The minimum absolute atomic E-state index is 0.0184. The summed E-state index contributed by atoms with van der Waals surface area (Å²) in [5.74, 6) is -0.555. The minimum atomic E-state index is -3.58. The highest BCUT2D eigenvalue weighted by Crippen LogP contribution is 2.27. The summed E-state index contributed by atoms with van der Waals surface area (Å²) in [6.45, 7) is 1.81. The zero-order valence-corrected chi connectivity index (χ0v) is 18.2. The van der Waals surface area contributed by atoms with E-state index in [1.54, 1.807) is 10.7 Å². The van der Waals surface area contributed by atoms with Crippen LogP contribution in [0.2, 0.25) is 0 Å². The Hall–Kier alpha value is -3.11. The molecule has 4 aromatic rings. The zero-order chi connectivity index (χ0) is 22.0. The van der Waals surface area contributed by atoms with E-state index in [-0.39, 0.29) is 29.4 Å². The summed E-state index contributed by atoms with van der Waals surface area (Å²) in [5, 5.41) is 7.84. The predicted molar refractivity (Wildman–Crippen MR) is 118 cm³/mol. The molecule has 1 amide bonds. The number of carbonyl (C=O) groups is 1. The number of carbonyl (C=O) groups excluding carboxylic acids is 1. The highest BCUT2D eigenvalue weighted by Gasteiger charge is 2.17. The van der Waals surface area contributed by atoms with Crippen molar-refractivity contribution in [2.75, 3.05) is 11.1 Å². The number of fused-ring (bicyclic) bond motifs is 1. The van der Waals surface area contributed by atoms with Crippen molar-refractivity contribution in [1.82, 2.24) is 14.8 Å². The van der Waals surface area contributed by atoms with Gasteiger partial charge in [-0.3, -0.25) is 4.79 Å². The van der Waals surface area contributed by atoms with Gasteiger partial charge in [0, 0.05) is 12.5 Å². The molecule has 0 saturated carbocycles. The van der Waals surface area contributed by atoms with Crippen molar-refractivity contribution in [3.05, 3.63) is 66.1 Å². The maximum Gasteiger partial charge on any atom is 0.225 e. The van der Waals surface area contributed by atoms with Crippen molar-refractivity contribution in [3.8, 4) is 5.13 Å². The monoisotopic (exact) mass is 458 g/mol. The third-order valence-corrected chi connectivity index (χ3v) is 7.38. The van der Waals surface area contributed by atoms with E-state index in [1.165, 1.54) is 23.5 Å². The number of rotatable bonds is 7. The van der Waals surface area contributed by atoms with Gasteiger partial charge in [-0.25, -0.2) is 17.8 Å². The van der Waals surface area contributed by atoms with Crippen molar-refractivity contribution in [1.29, 1.82) is 0 Å². The van der Waals surface area contributed by atoms with Crippen LogP contribution in [0.1, 0.15) is 18.5 Å². The van der Waals surface area contributed by atoms with E-state index in [0.29, 0.717) is 16.6 Å². The number of aromatic nitrogens is 3. The van der Waals surface area contributed by atoms with E-state index >= 15 is 0 Å². The summed E-state index contributed by atoms with van der Waals surface area (Å²) in [5.41, 5.74) is 1.56. The largest absolute Gasteiger partial charge is 0.311 e. The first-order valence-corrected chi connectivity index (χ1v) is 12.0. The van der Waals surface area contributed by atoms with Gasteiger partial charge in [0.1, 0.15) is 11.6 Å². The van der Waals surface area contributed by atoms with Crippen LogP contribution in [0, 0.1) is 12.7 Å². The molecule has 0 saturated heterocycles. The van der Waals surface area contributed by atoms with Gasteiger partial charge in [-0.15, -0.1) is 0 Å². The maximum atomic E-state index is 13.0. The lowest BCUT2D eigenvalue weighted by Crippen LogP contribution is -2.16. The fourth-order valence-electron chi connectivity index (χ4n) is 3.07. The summed E-state index contributed by atoms with van der Waals surface area (Å²) in [7, 11) is -3.58. The number of sulfone groups is 1. The van der Waals surface area contributed by atoms with Crippen LogP contribution in [0.25, 0.3) is 15.3 Å². The lowest BCUT2D eigenvalue weighted by molar-refractivity contribution is -0.116. The Morgan fingerprint density at radius 1 is 1.16 bits per heavy atom. The van der Waals surface area contributed by atoms with Crippen molar-refractivity contribution in [2.24, 2.45) is 0 Å². The van der Waals surface area contributed by atoms with Crippen molar-refractivity contribution in [3.63, 3.8) is 0 Å². The molecule has 7 nitrogen and oxygen atoms in total. The van der Waals surface area contributed by atoms with Crippen LogP contribution in [-0.2, 0) is 14.6 Å². The van der Waals surface area contributed by atoms with Gasteiger partial charge in [0.25, 0.3) is 0 Å². The van der Waals surface area contributed by atoms with Crippen molar-refractivity contribution < 1.29 is 17.6 Å². The standard InChI is InChI=1S/C21H19FN4O3S2/c1-14-13-19(26(25-14)21-23-17-5-2-3-6-18(17)30-21)24-20(27)7-4-12-31(28,29)16-10-8-15(22)9-11-16/h2-3,5-6,8-11,13H,4,7,12H2,1H3,(H,24,27). The summed E-state index contributed by atoms with van der Waals surface area (Å²) < 4.78 is 40.3. The van der Waals surface area contributed by atoms with E-state index in [0.717, 1.165) is 22.3 Å². The first kappa shape index (κ1) is 21.1. The average molecular weight is 459 g/mol. The number of para-hydroxylation sites is 1. The SMILES string of the molecule is Cc1cc(NC(=O)CCCS(=O)(=O)c2ccc(F)cc2)n(-c2nc3ccccc3s2)n1. The van der Waals surface area contributed by atoms with Crippen molar-refractivity contribution >= 4 is 43.1 Å². The number of halogens is 1. The van der Waals surface area contributed by atoms with E-state index in [9.17, 15) is 17.6 Å². The number of nitrogens with zero attached hydrogens (tertiary/aromatic N) is 3. The molecular formula is C21H19FN4O3S2. The Morgan fingerprint density at radius 3 is 2.65 bits per heavy atom. The quantitative estimate of drug-likeness (QED) is 0.421. The van der Waals surface area contributed by atoms with E-state index in [1.807, 2.05) is 31.2 Å². The third-order valence-electron chi connectivity index (χ3n) is 4.55. The lowest BCUT2D eigenvalue weighted by atomic mass is 10.3. The van der Waals surface area contributed by atoms with Gasteiger partial charge in [-0.2, -0.15) is 9.78 Å². The molecule has 0 fully saturated rings. The Balaban J connectivity index is 1.42. The lowest BCUT2D eigenvalue weighted by Gasteiger charge is -2.07. The molecule has 2 aromatic heterocycles. The maximum absolute atomic E-state index is 13.0. The van der Waals surface area contributed by atoms with Gasteiger partial charge in [0.15, 0.2) is 9.84 Å². The number of aryl methyl sites for hydroxylation is 1. The molecule has 1 N–H and O–H groups in total. The number of anilines is 1. The number of thiazole rings is 1. The third kappa shape index (κ3) is 4.80. The second-order valence-corrected chi connectivity index (χ2v) is 10.1. The normalized spacial score (nSPS) is 11.7. The molecule has 31 heavy (non-hydrogen) atoms. The first-order valence-electron chi connectivity index (χ1n) is 9.53. The number of amides is 1. The molecule has 4 rings (SSSR count). The predicted octanol–water partition coefficient (Wildman–Crippen LogP) is 4.12. The smallest absolute Gasteiger partial charge is 0.225 e. The topological polar surface area (TPSA) is 94.0 Å². The van der Waals surface area contributed by atoms with Crippen molar-refractivity contribution in [2.45, 2.75) is 24.7 Å². The highest BCUT2D eigenvalue weighted by atomic mass is 32.2. The summed E-state index contributed by atoms with van der Waals surface area (Å²) in [6.07, 6.45) is 0.157. The van der Waals surface area contributed by atoms with Crippen LogP contribution < -0.4 is 5.32 Å². The van der Waals surface area contributed by atoms with Crippen LogP contribution in [0.3, 0.4) is 0 Å². The Kier molecular flexibility index (Phi) is 5.84. The van der Waals surface area contributed by atoms with Gasteiger partial charge >= 0.3 is 0 Å². The van der Waals surface area contributed by atoms with Crippen LogP contribution in [0.5, 0.6) is 0 Å². The van der Waals surface area contributed by atoms with Crippen LogP contribution in [0.15, 0.2) is 59.5 Å².